The summed E-state index contributed by atoms with van der Waals surface area (Å²) in [6.45, 7) is 13.1. The molecule has 0 saturated heterocycles. The highest BCUT2D eigenvalue weighted by Gasteiger charge is 2.08. The summed E-state index contributed by atoms with van der Waals surface area (Å²) in [5.74, 6) is 1.22. The number of benzene rings is 1. The van der Waals surface area contributed by atoms with Gasteiger partial charge in [0, 0.05) is 12.6 Å². The number of aliphatic imine (C=N–C) groups is 1. The lowest BCUT2D eigenvalue weighted by atomic mass is 10.1. The summed E-state index contributed by atoms with van der Waals surface area (Å²) in [6, 6.07) is 8.10. The molecule has 0 spiro atoms. The number of hydrogen-bond donors (Lipinski definition) is 2. The van der Waals surface area contributed by atoms with Crippen LogP contribution in [0.3, 0.4) is 0 Å². The van der Waals surface area contributed by atoms with Crippen molar-refractivity contribution in [1.29, 1.82) is 0 Å². The van der Waals surface area contributed by atoms with Crippen molar-refractivity contribution in [2.45, 2.75) is 33.0 Å². The van der Waals surface area contributed by atoms with Gasteiger partial charge in [0.2, 0.25) is 6.08 Å². The Morgan fingerprint density at radius 3 is 2.76 bits per heavy atom. The normalized spacial score (nSPS) is 11.4. The predicted molar refractivity (Wildman–Crippen MR) is 86.2 cm³/mol. The smallest absolute Gasteiger partial charge is 0.235 e. The van der Waals surface area contributed by atoms with Crippen molar-refractivity contribution in [1.82, 2.24) is 10.6 Å². The maximum absolute atomic E-state index is 10.1. The zero-order valence-corrected chi connectivity index (χ0v) is 12.7. The number of hydrogen-bond acceptors (Lipinski definition) is 4. The fraction of sp³-hybridized carbons (Fsp3) is 0.353. The van der Waals surface area contributed by atoms with E-state index < -0.39 is 0 Å². The van der Waals surface area contributed by atoms with E-state index in [1.54, 1.807) is 6.08 Å². The van der Waals surface area contributed by atoms with Gasteiger partial charge in [-0.1, -0.05) is 50.8 Å². The molecule has 0 fully saturated rings. The maximum Gasteiger partial charge on any atom is 0.235 e. The molecule has 1 rings (SSSR count). The van der Waals surface area contributed by atoms with Gasteiger partial charge in [-0.05, 0) is 17.0 Å². The van der Waals surface area contributed by atoms with Crippen molar-refractivity contribution in [3.8, 4) is 0 Å². The number of nitrogens with zero attached hydrogens (tertiary/aromatic N) is 1. The lowest BCUT2D eigenvalue weighted by molar-refractivity contribution is 0.485. The second-order valence-electron chi connectivity index (χ2n) is 5.21. The molecular formula is C17H23N3O. The molecule has 0 radical (unpaired) electrons. The van der Waals surface area contributed by atoms with Crippen LogP contribution in [0.5, 0.6) is 0 Å². The first kappa shape index (κ1) is 16.7. The molecule has 4 nitrogen and oxygen atoms in total. The number of isocyanates is 1. The van der Waals surface area contributed by atoms with Crippen molar-refractivity contribution < 1.29 is 4.79 Å². The van der Waals surface area contributed by atoms with Crippen molar-refractivity contribution in [2.24, 2.45) is 10.9 Å². The monoisotopic (exact) mass is 285 g/mol. The molecule has 112 valence electrons. The van der Waals surface area contributed by atoms with E-state index in [0.29, 0.717) is 19.0 Å². The van der Waals surface area contributed by atoms with E-state index >= 15 is 0 Å². The van der Waals surface area contributed by atoms with Gasteiger partial charge in [-0.15, -0.1) is 6.58 Å². The van der Waals surface area contributed by atoms with Crippen LogP contribution in [0.4, 0.5) is 0 Å². The van der Waals surface area contributed by atoms with Crippen LogP contribution in [0.15, 0.2) is 54.3 Å². The molecule has 0 bridgehead atoms. The van der Waals surface area contributed by atoms with E-state index in [9.17, 15) is 4.79 Å². The van der Waals surface area contributed by atoms with E-state index in [0.717, 1.165) is 16.9 Å². The Labute approximate surface area is 126 Å². The summed E-state index contributed by atoms with van der Waals surface area (Å²) < 4.78 is 0. The third-order valence-electron chi connectivity index (χ3n) is 3.14. The Hall–Kier alpha value is -2.32. The Morgan fingerprint density at radius 2 is 2.14 bits per heavy atom. The van der Waals surface area contributed by atoms with Gasteiger partial charge in [-0.2, -0.15) is 0 Å². The highest BCUT2D eigenvalue weighted by atomic mass is 16.1. The van der Waals surface area contributed by atoms with Crippen LogP contribution in [0, 0.1) is 5.92 Å². The largest absolute Gasteiger partial charge is 0.368 e. The van der Waals surface area contributed by atoms with Crippen LogP contribution in [0.25, 0.3) is 0 Å². The molecule has 1 aromatic carbocycles. The van der Waals surface area contributed by atoms with Crippen molar-refractivity contribution >= 4 is 6.08 Å². The fourth-order valence-corrected chi connectivity index (χ4v) is 1.92. The molecule has 0 aliphatic carbocycles. The van der Waals surface area contributed by atoms with Gasteiger partial charge in [0.25, 0.3) is 0 Å². The van der Waals surface area contributed by atoms with Gasteiger partial charge in [0.1, 0.15) is 0 Å². The topological polar surface area (TPSA) is 53.5 Å². The molecule has 0 heterocycles. The Morgan fingerprint density at radius 1 is 1.43 bits per heavy atom. The minimum atomic E-state index is 0.193. The van der Waals surface area contributed by atoms with Crippen molar-refractivity contribution in [3.63, 3.8) is 0 Å². The Bertz CT molecular complexity index is 531. The minimum absolute atomic E-state index is 0.193. The average molecular weight is 285 g/mol. The maximum atomic E-state index is 10.1. The third kappa shape index (κ3) is 6.11. The first-order valence-corrected chi connectivity index (χ1v) is 7.00. The van der Waals surface area contributed by atoms with Crippen LogP contribution in [0.2, 0.25) is 0 Å². The van der Waals surface area contributed by atoms with Gasteiger partial charge >= 0.3 is 0 Å². The summed E-state index contributed by atoms with van der Waals surface area (Å²) in [6.07, 6.45) is 3.43. The van der Waals surface area contributed by atoms with E-state index in [4.69, 9.17) is 0 Å². The summed E-state index contributed by atoms with van der Waals surface area (Å²) in [5.41, 5.74) is 2.10. The average Bonchev–Trinajstić information content (AvgIpc) is 2.48. The molecule has 0 saturated carbocycles. The molecule has 1 aromatic rings. The first-order valence-electron chi connectivity index (χ1n) is 7.00. The molecule has 0 aliphatic heterocycles. The summed E-state index contributed by atoms with van der Waals surface area (Å²) in [7, 11) is 0. The summed E-state index contributed by atoms with van der Waals surface area (Å²) >= 11 is 0. The van der Waals surface area contributed by atoms with Crippen LogP contribution in [-0.4, -0.2) is 12.1 Å². The molecule has 0 aromatic heterocycles. The zero-order chi connectivity index (χ0) is 15.7. The van der Waals surface area contributed by atoms with Gasteiger partial charge in [0.05, 0.1) is 12.4 Å². The van der Waals surface area contributed by atoms with Gasteiger partial charge in [-0.3, -0.25) is 0 Å². The highest BCUT2D eigenvalue weighted by Crippen LogP contribution is 2.07. The summed E-state index contributed by atoms with van der Waals surface area (Å²) in [4.78, 5) is 13.7. The number of rotatable bonds is 9. The molecule has 1 unspecified atom stereocenters. The minimum Gasteiger partial charge on any atom is -0.368 e. The van der Waals surface area contributed by atoms with Gasteiger partial charge < -0.3 is 10.6 Å². The second kappa shape index (κ2) is 8.77. The molecule has 4 heteroatoms. The Kier molecular flexibility index (Phi) is 6.99. The van der Waals surface area contributed by atoms with Crippen LogP contribution in [-0.2, 0) is 17.9 Å². The van der Waals surface area contributed by atoms with E-state index in [1.807, 2.05) is 30.3 Å². The molecule has 0 amide bonds. The van der Waals surface area contributed by atoms with E-state index in [1.165, 1.54) is 0 Å². The third-order valence-corrected chi connectivity index (χ3v) is 3.14. The fourth-order valence-electron chi connectivity index (χ4n) is 1.92. The summed E-state index contributed by atoms with van der Waals surface area (Å²) in [5, 5.41) is 6.53. The molecule has 21 heavy (non-hydrogen) atoms. The van der Waals surface area contributed by atoms with Crippen LogP contribution >= 0.6 is 0 Å². The first-order chi connectivity index (χ1) is 10.1. The van der Waals surface area contributed by atoms with Crippen molar-refractivity contribution in [2.75, 3.05) is 0 Å². The molecule has 0 aliphatic rings. The molecule has 2 N–H and O–H groups in total. The van der Waals surface area contributed by atoms with Gasteiger partial charge in [-0.25, -0.2) is 9.79 Å². The second-order valence-corrected chi connectivity index (χ2v) is 5.21. The zero-order valence-electron chi connectivity index (χ0n) is 12.7. The Balaban J connectivity index is 2.52. The van der Waals surface area contributed by atoms with E-state index in [-0.39, 0.29) is 6.04 Å². The lowest BCUT2D eigenvalue weighted by Crippen LogP contribution is -2.36. The van der Waals surface area contributed by atoms with Crippen LogP contribution < -0.4 is 10.6 Å². The predicted octanol–water partition coefficient (Wildman–Crippen LogP) is 2.88. The molecular weight excluding hydrogens is 262 g/mol. The molecule has 1 atom stereocenters. The quantitative estimate of drug-likeness (QED) is 0.417. The van der Waals surface area contributed by atoms with Crippen molar-refractivity contribution in [3.05, 3.63) is 60.4 Å². The standard InChI is InChI=1S/C17H23N3O/c1-5-17(13(2)3)20-14(4)19-11-16-8-6-7-15(9-16)10-18-12-21/h5-9,13,17,19-20H,1,4,10-11H2,2-3H3. The highest BCUT2D eigenvalue weighted by molar-refractivity contribution is 5.34. The lowest BCUT2D eigenvalue weighted by Gasteiger charge is -2.22. The number of nitrogens with one attached hydrogen (secondary N) is 2. The van der Waals surface area contributed by atoms with E-state index in [2.05, 4.69) is 42.6 Å². The SMILES string of the molecule is C=CC(NC(=C)NCc1cccc(CN=C=O)c1)C(C)C. The van der Waals surface area contributed by atoms with Gasteiger partial charge in [0.15, 0.2) is 0 Å². The number of carbonyl (C=O) groups excluding carboxylic acids is 1. The van der Waals surface area contributed by atoms with Crippen LogP contribution in [0.1, 0.15) is 25.0 Å².